The van der Waals surface area contributed by atoms with Gasteiger partial charge in [-0.2, -0.15) is 9.98 Å². The lowest BCUT2D eigenvalue weighted by atomic mass is 9.74. The van der Waals surface area contributed by atoms with Crippen molar-refractivity contribution in [2.75, 3.05) is 26.9 Å². The second kappa shape index (κ2) is 10.4. The van der Waals surface area contributed by atoms with Crippen LogP contribution in [0.1, 0.15) is 50.2 Å². The molecule has 1 aromatic carbocycles. The van der Waals surface area contributed by atoms with E-state index in [0.717, 1.165) is 18.4 Å². The molecule has 44 heavy (non-hydrogen) atoms. The minimum Gasteiger partial charge on any atom is -0.496 e. The van der Waals surface area contributed by atoms with Crippen LogP contribution >= 0.6 is 0 Å². The summed E-state index contributed by atoms with van der Waals surface area (Å²) in [4.78, 5) is 41.3. The minimum absolute atomic E-state index is 0.0315. The van der Waals surface area contributed by atoms with Gasteiger partial charge >= 0.3 is 11.9 Å². The van der Waals surface area contributed by atoms with E-state index in [1.807, 2.05) is 29.0 Å². The Morgan fingerprint density at radius 3 is 2.98 bits per heavy atom. The molecule has 1 aliphatic carbocycles. The van der Waals surface area contributed by atoms with Crippen molar-refractivity contribution < 1.29 is 33.6 Å². The summed E-state index contributed by atoms with van der Waals surface area (Å²) in [6, 6.07) is 1.77. The summed E-state index contributed by atoms with van der Waals surface area (Å²) in [6.45, 7) is 4.30. The SMILES string of the molecule is CCOC(=O)C1=CC(=CCN2C=CNC2N2CN=C3C(=O)N=C(N)N=C32)c2c(cc3c(c2OC)C2CCCC(C)(O)C2O3)O1. The number of amidine groups is 1. The number of benzene rings is 1. The third-order valence-electron chi connectivity index (χ3n) is 8.67. The Bertz CT molecular complexity index is 1640. The van der Waals surface area contributed by atoms with E-state index in [-0.39, 0.29) is 36.6 Å². The van der Waals surface area contributed by atoms with E-state index >= 15 is 0 Å². The number of methoxy groups -OCH3 is 1. The molecule has 1 fully saturated rings. The molecule has 1 aromatic rings. The molecule has 1 saturated carbocycles. The van der Waals surface area contributed by atoms with Gasteiger partial charge in [-0.25, -0.2) is 4.79 Å². The number of aliphatic imine (C=N–C) groups is 3. The van der Waals surface area contributed by atoms with Gasteiger partial charge in [0.1, 0.15) is 30.0 Å². The molecule has 6 aliphatic rings. The van der Waals surface area contributed by atoms with Crippen LogP contribution in [0, 0.1) is 0 Å². The maximum atomic E-state index is 12.9. The van der Waals surface area contributed by atoms with Crippen LogP contribution in [0.2, 0.25) is 0 Å². The van der Waals surface area contributed by atoms with E-state index in [1.54, 1.807) is 32.4 Å². The highest BCUT2D eigenvalue weighted by molar-refractivity contribution is 6.69. The Labute approximate surface area is 253 Å². The van der Waals surface area contributed by atoms with Crippen molar-refractivity contribution in [2.45, 2.75) is 57.0 Å². The summed E-state index contributed by atoms with van der Waals surface area (Å²) < 4.78 is 23.7. The fourth-order valence-electron chi connectivity index (χ4n) is 6.74. The summed E-state index contributed by atoms with van der Waals surface area (Å²) in [5, 5.41) is 14.4. The molecule has 230 valence electrons. The second-order valence-electron chi connectivity index (χ2n) is 11.5. The van der Waals surface area contributed by atoms with E-state index < -0.39 is 29.9 Å². The van der Waals surface area contributed by atoms with Gasteiger partial charge in [-0.05, 0) is 44.8 Å². The zero-order valence-corrected chi connectivity index (χ0v) is 24.6. The minimum atomic E-state index is -0.992. The highest BCUT2D eigenvalue weighted by Gasteiger charge is 2.50. The fraction of sp³-hybridized carbons (Fsp3) is 0.433. The molecule has 4 N–H and O–H groups in total. The fourth-order valence-corrected chi connectivity index (χ4v) is 6.74. The molecular weight excluding hydrogens is 570 g/mol. The van der Waals surface area contributed by atoms with Gasteiger partial charge in [0.15, 0.2) is 17.8 Å². The van der Waals surface area contributed by atoms with Crippen LogP contribution in [0.25, 0.3) is 5.57 Å². The van der Waals surface area contributed by atoms with Crippen molar-refractivity contribution in [3.05, 3.63) is 47.5 Å². The maximum absolute atomic E-state index is 12.9. The van der Waals surface area contributed by atoms with Crippen molar-refractivity contribution >= 4 is 35.0 Å². The standard InChI is InChI=1S/C30H33N7O7/c1-4-42-27(39)19-12-15(7-10-36-11-9-32-29(36)37-14-33-22-25(37)34-28(31)35-26(22)38)20-17(43-19)13-18-21(23(20)41-3)16-6-5-8-30(2,40)24(16)44-18/h7,9,11-13,16,24,29,32,40H,4-6,8,10,14H2,1-3H3,(H2,31,35,38). The number of hydrogen-bond donors (Lipinski definition) is 3. The van der Waals surface area contributed by atoms with Crippen LogP contribution in [0.15, 0.2) is 51.4 Å². The molecular formula is C30H33N7O7. The van der Waals surface area contributed by atoms with Gasteiger partial charge in [0.25, 0.3) is 0 Å². The number of aliphatic hydroxyl groups is 1. The van der Waals surface area contributed by atoms with E-state index in [0.29, 0.717) is 47.2 Å². The van der Waals surface area contributed by atoms with E-state index in [1.165, 1.54) is 0 Å². The zero-order chi connectivity index (χ0) is 30.7. The number of carbonyl (C=O) groups is 2. The van der Waals surface area contributed by atoms with Crippen molar-refractivity contribution in [3.63, 3.8) is 0 Å². The number of ether oxygens (including phenoxy) is 4. The second-order valence-corrected chi connectivity index (χ2v) is 11.5. The maximum Gasteiger partial charge on any atom is 0.374 e. The summed E-state index contributed by atoms with van der Waals surface area (Å²) >= 11 is 0. The van der Waals surface area contributed by atoms with Crippen LogP contribution in [-0.4, -0.2) is 89.2 Å². The number of fused-ring (bicyclic) bond motifs is 5. The lowest BCUT2D eigenvalue weighted by Crippen LogP contribution is -2.53. The summed E-state index contributed by atoms with van der Waals surface area (Å²) in [6.07, 6.45) is 8.79. The normalized spacial score (nSPS) is 28.9. The molecule has 4 unspecified atom stereocenters. The smallest absolute Gasteiger partial charge is 0.374 e. The topological polar surface area (TPSA) is 173 Å². The van der Waals surface area contributed by atoms with Crippen LogP contribution in [0.5, 0.6) is 17.2 Å². The van der Waals surface area contributed by atoms with Gasteiger partial charge in [-0.1, -0.05) is 6.08 Å². The summed E-state index contributed by atoms with van der Waals surface area (Å²) in [5.41, 5.74) is 7.21. The molecule has 0 spiro atoms. The highest BCUT2D eigenvalue weighted by Crippen LogP contribution is 2.57. The molecule has 0 bridgehead atoms. The molecule has 5 aliphatic heterocycles. The van der Waals surface area contributed by atoms with Crippen LogP contribution in [-0.2, 0) is 14.3 Å². The number of rotatable bonds is 6. The van der Waals surface area contributed by atoms with Crippen molar-refractivity contribution in [1.29, 1.82) is 0 Å². The summed E-state index contributed by atoms with van der Waals surface area (Å²) in [7, 11) is 1.60. The highest BCUT2D eigenvalue weighted by atomic mass is 16.6. The third kappa shape index (κ3) is 4.39. The Hall–Kier alpha value is -4.85. The van der Waals surface area contributed by atoms with Crippen LogP contribution in [0.4, 0.5) is 0 Å². The zero-order valence-electron chi connectivity index (χ0n) is 24.6. The first-order chi connectivity index (χ1) is 21.2. The number of allylic oxidation sites excluding steroid dienone is 2. The van der Waals surface area contributed by atoms with Crippen molar-refractivity contribution in [2.24, 2.45) is 20.7 Å². The predicted molar refractivity (Wildman–Crippen MR) is 159 cm³/mol. The van der Waals surface area contributed by atoms with Gasteiger partial charge in [-0.15, -0.1) is 0 Å². The molecule has 7 rings (SSSR count). The first-order valence-corrected chi connectivity index (χ1v) is 14.6. The first-order valence-electron chi connectivity index (χ1n) is 14.6. The molecule has 5 heterocycles. The number of amides is 1. The largest absolute Gasteiger partial charge is 0.496 e. The molecule has 0 aromatic heterocycles. The Balaban J connectivity index is 1.25. The third-order valence-corrected chi connectivity index (χ3v) is 8.67. The Morgan fingerprint density at radius 2 is 2.18 bits per heavy atom. The van der Waals surface area contributed by atoms with Gasteiger partial charge in [0.2, 0.25) is 11.7 Å². The monoisotopic (exact) mass is 603 g/mol. The molecule has 0 saturated heterocycles. The number of guanidine groups is 1. The molecule has 0 radical (unpaired) electrons. The lowest BCUT2D eigenvalue weighted by molar-refractivity contribution is -0.141. The average molecular weight is 604 g/mol. The first kappa shape index (κ1) is 28.0. The van der Waals surface area contributed by atoms with E-state index in [4.69, 9.17) is 24.7 Å². The predicted octanol–water partition coefficient (Wildman–Crippen LogP) is 1.33. The average Bonchev–Trinajstić information content (AvgIpc) is 3.72. The Kier molecular flexibility index (Phi) is 6.61. The number of hydrogen-bond acceptors (Lipinski definition) is 13. The van der Waals surface area contributed by atoms with Gasteiger partial charge in [0, 0.05) is 36.5 Å². The number of nitrogens with zero attached hydrogens (tertiary/aromatic N) is 5. The quantitative estimate of drug-likeness (QED) is 0.400. The van der Waals surface area contributed by atoms with Gasteiger partial charge < -0.3 is 40.0 Å². The molecule has 14 heteroatoms. The molecule has 1 amide bonds. The Morgan fingerprint density at radius 1 is 1.34 bits per heavy atom. The van der Waals surface area contributed by atoms with Crippen molar-refractivity contribution in [3.8, 4) is 17.2 Å². The molecule has 4 atom stereocenters. The van der Waals surface area contributed by atoms with Gasteiger partial charge in [-0.3, -0.25) is 14.7 Å². The van der Waals surface area contributed by atoms with Gasteiger partial charge in [0.05, 0.1) is 24.9 Å². The number of esters is 1. The molecule has 14 nitrogen and oxygen atoms in total. The number of nitrogens with two attached hydrogens (primary N) is 1. The van der Waals surface area contributed by atoms with Crippen LogP contribution in [0.3, 0.4) is 0 Å². The lowest BCUT2D eigenvalue weighted by Gasteiger charge is -2.37. The number of carbonyl (C=O) groups excluding carboxylic acids is 2. The van der Waals surface area contributed by atoms with E-state index in [9.17, 15) is 14.7 Å². The van der Waals surface area contributed by atoms with Crippen LogP contribution < -0.4 is 25.3 Å². The summed E-state index contributed by atoms with van der Waals surface area (Å²) in [5.74, 6) is 0.659. The van der Waals surface area contributed by atoms with E-state index in [2.05, 4.69) is 20.3 Å². The van der Waals surface area contributed by atoms with Crippen molar-refractivity contribution in [1.82, 2.24) is 15.1 Å². The number of nitrogens with one attached hydrogen (secondary N) is 1.